The molecule has 0 amide bonds. The van der Waals surface area contributed by atoms with E-state index in [1.165, 1.54) is 12.8 Å². The highest BCUT2D eigenvalue weighted by atomic mass is 16.6. The Labute approximate surface area is 260 Å². The van der Waals surface area contributed by atoms with Gasteiger partial charge < -0.3 is 19.5 Å². The molecule has 0 aromatic heterocycles. The monoisotopic (exact) mass is 592 g/mol. The number of hydrogen-bond acceptors (Lipinski definition) is 6. The molecule has 0 bridgehead atoms. The molecule has 2 aliphatic carbocycles. The zero-order valence-electron chi connectivity index (χ0n) is 28.2. The van der Waals surface area contributed by atoms with E-state index in [1.807, 2.05) is 30.3 Å². The van der Waals surface area contributed by atoms with E-state index in [0.29, 0.717) is 26.4 Å². The molecule has 2 aromatic carbocycles. The average molecular weight is 593 g/mol. The van der Waals surface area contributed by atoms with Gasteiger partial charge in [-0.25, -0.2) is 0 Å². The number of benzene rings is 2. The summed E-state index contributed by atoms with van der Waals surface area (Å²) in [5, 5.41) is 3.61. The maximum absolute atomic E-state index is 13.9. The molecule has 2 aromatic rings. The first-order valence-corrected chi connectivity index (χ1v) is 16.3. The number of fused-ring (bicyclic) bond motifs is 1. The molecule has 6 heteroatoms. The molecule has 0 saturated heterocycles. The molecule has 0 radical (unpaired) electrons. The molecule has 2 unspecified atom stereocenters. The summed E-state index contributed by atoms with van der Waals surface area (Å²) in [6.45, 7) is 23.3. The maximum Gasteiger partial charge on any atom is 0.180 e. The Morgan fingerprint density at radius 1 is 1.02 bits per heavy atom. The summed E-state index contributed by atoms with van der Waals surface area (Å²) in [4.78, 5) is 16.3. The van der Waals surface area contributed by atoms with Crippen LogP contribution in [0.1, 0.15) is 96.6 Å². The van der Waals surface area contributed by atoms with Crippen molar-refractivity contribution in [2.24, 2.45) is 11.8 Å². The maximum atomic E-state index is 13.9. The van der Waals surface area contributed by atoms with Crippen LogP contribution in [0.25, 0.3) is 0 Å². The molecule has 43 heavy (non-hydrogen) atoms. The van der Waals surface area contributed by atoms with E-state index >= 15 is 0 Å². The molecule has 3 atom stereocenters. The van der Waals surface area contributed by atoms with Crippen LogP contribution in [0.4, 0.5) is 5.69 Å². The highest BCUT2D eigenvalue weighted by molar-refractivity contribution is 6.03. The first kappa shape index (κ1) is 33.6. The van der Waals surface area contributed by atoms with Crippen molar-refractivity contribution in [3.8, 4) is 0 Å². The lowest BCUT2D eigenvalue weighted by Gasteiger charge is -2.47. The fourth-order valence-corrected chi connectivity index (χ4v) is 5.92. The standard InChI is InChI=1S/C37H56N2O4/c1-10-39(22-27-16-17-27)33-26(2)37(8,9)32-20-29(18-19-31(32)34(33)40)38-21-30(41-23-28-14-12-11-13-15-28)24-42-36(6,7)25-43-35(3,4)5/h11-15,18-20,26-27,30,33,38H,10,16-17,21-25H2,1-9H3/t26-,30?,33?/m0/s1. The summed E-state index contributed by atoms with van der Waals surface area (Å²) in [6.07, 6.45) is 2.41. The van der Waals surface area contributed by atoms with Gasteiger partial charge in [0, 0.05) is 24.3 Å². The van der Waals surface area contributed by atoms with Crippen molar-refractivity contribution in [3.05, 3.63) is 65.2 Å². The van der Waals surface area contributed by atoms with Gasteiger partial charge in [0.05, 0.1) is 43.2 Å². The molecule has 2 aliphatic rings. The van der Waals surface area contributed by atoms with E-state index < -0.39 is 5.60 Å². The number of anilines is 1. The molecule has 238 valence electrons. The highest BCUT2D eigenvalue weighted by Gasteiger charge is 2.47. The average Bonchev–Trinajstić information content (AvgIpc) is 3.79. The van der Waals surface area contributed by atoms with Gasteiger partial charge in [0.1, 0.15) is 0 Å². The van der Waals surface area contributed by atoms with Crippen molar-refractivity contribution in [1.82, 2.24) is 4.90 Å². The van der Waals surface area contributed by atoms with E-state index in [-0.39, 0.29) is 34.9 Å². The van der Waals surface area contributed by atoms with Gasteiger partial charge >= 0.3 is 0 Å². The summed E-state index contributed by atoms with van der Waals surface area (Å²) in [6, 6.07) is 16.4. The quantitative estimate of drug-likeness (QED) is 0.231. The second kappa shape index (κ2) is 13.8. The number of hydrogen-bond donors (Lipinski definition) is 1. The second-order valence-electron chi connectivity index (χ2n) is 14.9. The number of nitrogens with zero attached hydrogens (tertiary/aromatic N) is 1. The minimum Gasteiger partial charge on any atom is -0.382 e. The van der Waals surface area contributed by atoms with Gasteiger partial charge in [0.15, 0.2) is 5.78 Å². The van der Waals surface area contributed by atoms with Crippen LogP contribution in [-0.2, 0) is 26.2 Å². The smallest absolute Gasteiger partial charge is 0.180 e. The molecular weight excluding hydrogens is 536 g/mol. The number of ketones is 1. The van der Waals surface area contributed by atoms with Crippen LogP contribution in [0, 0.1) is 11.8 Å². The summed E-state index contributed by atoms with van der Waals surface area (Å²) in [5.41, 5.74) is 3.32. The molecule has 0 heterocycles. The molecule has 1 N–H and O–H groups in total. The van der Waals surface area contributed by atoms with Crippen LogP contribution in [0.3, 0.4) is 0 Å². The van der Waals surface area contributed by atoms with Gasteiger partial charge in [-0.15, -0.1) is 0 Å². The third-order valence-corrected chi connectivity index (χ3v) is 9.22. The largest absolute Gasteiger partial charge is 0.382 e. The third kappa shape index (κ3) is 9.13. The Morgan fingerprint density at radius 3 is 2.35 bits per heavy atom. The van der Waals surface area contributed by atoms with Crippen molar-refractivity contribution in [2.45, 2.75) is 111 Å². The van der Waals surface area contributed by atoms with E-state index in [9.17, 15) is 4.79 Å². The Hall–Kier alpha value is -2.25. The lowest BCUT2D eigenvalue weighted by atomic mass is 9.63. The number of ether oxygens (including phenoxy) is 3. The molecule has 1 fully saturated rings. The van der Waals surface area contributed by atoms with Gasteiger partial charge in [-0.3, -0.25) is 9.69 Å². The van der Waals surface area contributed by atoms with Crippen LogP contribution in [-0.4, -0.2) is 66.9 Å². The Kier molecular flexibility index (Phi) is 10.8. The zero-order chi connectivity index (χ0) is 31.4. The SMILES string of the molecule is CCN(CC1CC1)C1C(=O)c2ccc(NCC(COC(C)(C)COC(C)(C)C)OCc3ccccc3)cc2C(C)(C)[C@H]1C. The van der Waals surface area contributed by atoms with Crippen LogP contribution in [0.15, 0.2) is 48.5 Å². The van der Waals surface area contributed by atoms with Crippen LogP contribution in [0.2, 0.25) is 0 Å². The summed E-state index contributed by atoms with van der Waals surface area (Å²) in [7, 11) is 0. The van der Waals surface area contributed by atoms with Gasteiger partial charge in [0.2, 0.25) is 0 Å². The van der Waals surface area contributed by atoms with Crippen molar-refractivity contribution in [2.75, 3.05) is 38.2 Å². The van der Waals surface area contributed by atoms with Crippen molar-refractivity contribution in [1.29, 1.82) is 0 Å². The first-order chi connectivity index (χ1) is 20.2. The van der Waals surface area contributed by atoms with Crippen LogP contribution in [0.5, 0.6) is 0 Å². The molecule has 4 rings (SSSR count). The Balaban J connectivity index is 1.47. The molecule has 1 saturated carbocycles. The van der Waals surface area contributed by atoms with Gasteiger partial charge in [-0.2, -0.15) is 0 Å². The first-order valence-electron chi connectivity index (χ1n) is 16.3. The van der Waals surface area contributed by atoms with Gasteiger partial charge in [-0.05, 0) is 101 Å². The predicted molar refractivity (Wildman–Crippen MR) is 176 cm³/mol. The highest BCUT2D eigenvalue weighted by Crippen LogP contribution is 2.44. The lowest BCUT2D eigenvalue weighted by molar-refractivity contribution is -0.135. The van der Waals surface area contributed by atoms with Crippen LogP contribution < -0.4 is 5.32 Å². The van der Waals surface area contributed by atoms with Crippen LogP contribution >= 0.6 is 0 Å². The summed E-state index contributed by atoms with van der Waals surface area (Å²) >= 11 is 0. The number of rotatable bonds is 15. The van der Waals surface area contributed by atoms with E-state index in [1.54, 1.807) is 0 Å². The predicted octanol–water partition coefficient (Wildman–Crippen LogP) is 7.50. The zero-order valence-corrected chi connectivity index (χ0v) is 28.2. The van der Waals surface area contributed by atoms with Gasteiger partial charge in [0.25, 0.3) is 0 Å². The second-order valence-corrected chi connectivity index (χ2v) is 14.9. The normalized spacial score (nSPS) is 21.1. The molecule has 0 aliphatic heterocycles. The molecule has 6 nitrogen and oxygen atoms in total. The van der Waals surface area contributed by atoms with E-state index in [2.05, 4.69) is 90.7 Å². The van der Waals surface area contributed by atoms with E-state index in [4.69, 9.17) is 14.2 Å². The number of carbonyl (C=O) groups excluding carboxylic acids is 1. The minimum atomic E-state index is -0.448. The number of likely N-dealkylation sites (N-methyl/N-ethyl adjacent to an activating group) is 1. The summed E-state index contributed by atoms with van der Waals surface area (Å²) < 4.78 is 18.7. The Bertz CT molecular complexity index is 1200. The molecular formula is C37H56N2O4. The lowest BCUT2D eigenvalue weighted by Crippen LogP contribution is -2.55. The fourth-order valence-electron chi connectivity index (χ4n) is 5.92. The molecule has 0 spiro atoms. The fraction of sp³-hybridized carbons (Fsp3) is 0.649. The van der Waals surface area contributed by atoms with Gasteiger partial charge in [-0.1, -0.05) is 58.0 Å². The summed E-state index contributed by atoms with van der Waals surface area (Å²) in [5.74, 6) is 1.25. The number of carbonyl (C=O) groups is 1. The topological polar surface area (TPSA) is 60.0 Å². The third-order valence-electron chi connectivity index (χ3n) is 9.22. The van der Waals surface area contributed by atoms with E-state index in [0.717, 1.165) is 41.4 Å². The number of nitrogens with one attached hydrogen (secondary N) is 1. The minimum absolute atomic E-state index is 0.0644. The van der Waals surface area contributed by atoms with Crippen molar-refractivity contribution in [3.63, 3.8) is 0 Å². The number of Topliss-reactive ketones (excluding diaryl/α,β-unsaturated/α-hetero) is 1. The van der Waals surface area contributed by atoms with Crippen molar-refractivity contribution < 1.29 is 19.0 Å². The Morgan fingerprint density at radius 2 is 1.72 bits per heavy atom. The van der Waals surface area contributed by atoms with Crippen molar-refractivity contribution >= 4 is 11.5 Å².